The Morgan fingerprint density at radius 3 is 1.58 bits per heavy atom. The summed E-state index contributed by atoms with van der Waals surface area (Å²) in [4.78, 5) is 0. The minimum Gasteiger partial charge on any atom is -0.394 e. The molecule has 4 nitrogen and oxygen atoms in total. The minimum atomic E-state index is 0.142. The van der Waals surface area contributed by atoms with Gasteiger partial charge in [0.15, 0.2) is 0 Å². The zero-order valence-electron chi connectivity index (χ0n) is 17.4. The highest BCUT2D eigenvalue weighted by Crippen LogP contribution is 2.53. The van der Waals surface area contributed by atoms with E-state index in [0.29, 0.717) is 30.8 Å². The fourth-order valence-electron chi connectivity index (χ4n) is 5.86. The van der Waals surface area contributed by atoms with Crippen LogP contribution in [0.3, 0.4) is 0 Å². The van der Waals surface area contributed by atoms with Crippen LogP contribution in [0.25, 0.3) is 0 Å². The molecule has 0 aromatic rings. The number of aliphatic hydroxyl groups is 1. The molecule has 0 bridgehead atoms. The van der Waals surface area contributed by atoms with Crippen LogP contribution < -0.4 is 0 Å². The fourth-order valence-corrected chi connectivity index (χ4v) is 5.86. The Bertz CT molecular complexity index is 353. The standard InChI is InChI=1S/C22H42O4/c1-4-22(5-2,18-6-10-20(11-7-18)25-15-14-23)19-8-12-21(13-9-19)26-17-16-24-3/h18-21,23H,4-17H2,1-3H3. The second-order valence-corrected chi connectivity index (χ2v) is 8.35. The third kappa shape index (κ3) is 5.67. The van der Waals surface area contributed by atoms with Crippen molar-refractivity contribution in [2.24, 2.45) is 17.3 Å². The van der Waals surface area contributed by atoms with E-state index in [-0.39, 0.29) is 6.61 Å². The molecule has 2 fully saturated rings. The topological polar surface area (TPSA) is 47.9 Å². The molecule has 2 aliphatic carbocycles. The van der Waals surface area contributed by atoms with E-state index in [1.165, 1.54) is 64.2 Å². The molecule has 0 aliphatic heterocycles. The van der Waals surface area contributed by atoms with Crippen molar-refractivity contribution in [1.82, 2.24) is 0 Å². The normalized spacial score (nSPS) is 30.5. The maximum Gasteiger partial charge on any atom is 0.0704 e. The van der Waals surface area contributed by atoms with Crippen LogP contribution in [0.2, 0.25) is 0 Å². The maximum absolute atomic E-state index is 8.97. The van der Waals surface area contributed by atoms with Gasteiger partial charge in [0.25, 0.3) is 0 Å². The second-order valence-electron chi connectivity index (χ2n) is 8.35. The summed E-state index contributed by atoms with van der Waals surface area (Å²) in [5.74, 6) is 1.68. The molecule has 2 saturated carbocycles. The van der Waals surface area contributed by atoms with Crippen LogP contribution >= 0.6 is 0 Å². The molecule has 0 radical (unpaired) electrons. The lowest BCUT2D eigenvalue weighted by Gasteiger charge is -2.50. The summed E-state index contributed by atoms with van der Waals surface area (Å²) in [5.41, 5.74) is 0.499. The van der Waals surface area contributed by atoms with Crippen LogP contribution in [-0.2, 0) is 14.2 Å². The van der Waals surface area contributed by atoms with Crippen LogP contribution in [0.1, 0.15) is 78.1 Å². The molecule has 0 aromatic carbocycles. The number of methoxy groups -OCH3 is 1. The van der Waals surface area contributed by atoms with Gasteiger partial charge >= 0.3 is 0 Å². The number of ether oxygens (including phenoxy) is 3. The summed E-state index contributed by atoms with van der Waals surface area (Å²) < 4.78 is 16.9. The number of rotatable bonds is 11. The highest BCUT2D eigenvalue weighted by Gasteiger charge is 2.44. The molecule has 0 heterocycles. The van der Waals surface area contributed by atoms with Gasteiger partial charge in [0.05, 0.1) is 38.6 Å². The Morgan fingerprint density at radius 1 is 0.731 bits per heavy atom. The predicted octanol–water partition coefficient (Wildman–Crippen LogP) is 4.58. The smallest absolute Gasteiger partial charge is 0.0704 e. The zero-order chi connectivity index (χ0) is 18.8. The van der Waals surface area contributed by atoms with E-state index in [2.05, 4.69) is 13.8 Å². The van der Waals surface area contributed by atoms with Crippen LogP contribution in [0, 0.1) is 17.3 Å². The molecule has 154 valence electrons. The summed E-state index contributed by atoms with van der Waals surface area (Å²) in [6.07, 6.45) is 13.4. The van der Waals surface area contributed by atoms with Crippen molar-refractivity contribution in [2.45, 2.75) is 90.3 Å². The zero-order valence-corrected chi connectivity index (χ0v) is 17.4. The van der Waals surface area contributed by atoms with Crippen molar-refractivity contribution >= 4 is 0 Å². The van der Waals surface area contributed by atoms with Crippen LogP contribution in [0.4, 0.5) is 0 Å². The quantitative estimate of drug-likeness (QED) is 0.541. The van der Waals surface area contributed by atoms with E-state index in [1.54, 1.807) is 7.11 Å². The third-order valence-corrected chi connectivity index (χ3v) is 7.38. The van der Waals surface area contributed by atoms with E-state index < -0.39 is 0 Å². The molecule has 1 N–H and O–H groups in total. The first-order valence-electron chi connectivity index (χ1n) is 11.0. The summed E-state index contributed by atoms with van der Waals surface area (Å²) >= 11 is 0. The van der Waals surface area contributed by atoms with Gasteiger partial charge in [-0.3, -0.25) is 0 Å². The Kier molecular flexibility index (Phi) is 9.90. The molecule has 4 heteroatoms. The monoisotopic (exact) mass is 370 g/mol. The van der Waals surface area contributed by atoms with Crippen molar-refractivity contribution in [2.75, 3.05) is 33.5 Å². The maximum atomic E-state index is 8.97. The third-order valence-electron chi connectivity index (χ3n) is 7.38. The van der Waals surface area contributed by atoms with Gasteiger partial charge in [0.2, 0.25) is 0 Å². The number of hydrogen-bond acceptors (Lipinski definition) is 4. The van der Waals surface area contributed by atoms with Gasteiger partial charge < -0.3 is 19.3 Å². The molecule has 0 amide bonds. The Labute approximate surface area is 161 Å². The Hall–Kier alpha value is -0.160. The van der Waals surface area contributed by atoms with Gasteiger partial charge in [-0.2, -0.15) is 0 Å². The average Bonchev–Trinajstić information content (AvgIpc) is 2.70. The molecule has 2 rings (SSSR count). The van der Waals surface area contributed by atoms with E-state index in [9.17, 15) is 0 Å². The van der Waals surface area contributed by atoms with Crippen LogP contribution in [-0.4, -0.2) is 50.9 Å². The van der Waals surface area contributed by atoms with Crippen molar-refractivity contribution < 1.29 is 19.3 Å². The SMILES string of the molecule is CCC(CC)(C1CCC(OCCO)CC1)C1CCC(OCCOC)CC1. The largest absolute Gasteiger partial charge is 0.394 e. The van der Waals surface area contributed by atoms with E-state index >= 15 is 0 Å². The van der Waals surface area contributed by atoms with Gasteiger partial charge in [-0.05, 0) is 81.5 Å². The molecular weight excluding hydrogens is 328 g/mol. The van der Waals surface area contributed by atoms with Crippen molar-refractivity contribution in [3.8, 4) is 0 Å². The fraction of sp³-hybridized carbons (Fsp3) is 1.00. The first kappa shape index (κ1) is 22.1. The highest BCUT2D eigenvalue weighted by atomic mass is 16.5. The van der Waals surface area contributed by atoms with Gasteiger partial charge in [-0.1, -0.05) is 13.8 Å². The summed E-state index contributed by atoms with van der Waals surface area (Å²) in [6.45, 7) is 6.91. The Morgan fingerprint density at radius 2 is 1.19 bits per heavy atom. The van der Waals surface area contributed by atoms with E-state index in [1.807, 2.05) is 0 Å². The predicted molar refractivity (Wildman–Crippen MR) is 105 cm³/mol. The molecule has 0 spiro atoms. The summed E-state index contributed by atoms with van der Waals surface area (Å²) in [6, 6.07) is 0. The van der Waals surface area contributed by atoms with Crippen molar-refractivity contribution in [1.29, 1.82) is 0 Å². The van der Waals surface area contributed by atoms with Gasteiger partial charge in [0, 0.05) is 7.11 Å². The number of hydrogen-bond donors (Lipinski definition) is 1. The molecule has 0 aromatic heterocycles. The van der Waals surface area contributed by atoms with Gasteiger partial charge in [0.1, 0.15) is 0 Å². The Balaban J connectivity index is 1.87. The molecule has 0 saturated heterocycles. The minimum absolute atomic E-state index is 0.142. The van der Waals surface area contributed by atoms with Crippen molar-refractivity contribution in [3.05, 3.63) is 0 Å². The molecule has 0 unspecified atom stereocenters. The molecule has 26 heavy (non-hydrogen) atoms. The average molecular weight is 371 g/mol. The molecular formula is C22H42O4. The van der Waals surface area contributed by atoms with Crippen LogP contribution in [0.5, 0.6) is 0 Å². The lowest BCUT2D eigenvalue weighted by atomic mass is 9.56. The van der Waals surface area contributed by atoms with E-state index in [0.717, 1.165) is 18.4 Å². The lowest BCUT2D eigenvalue weighted by Crippen LogP contribution is -2.42. The van der Waals surface area contributed by atoms with E-state index in [4.69, 9.17) is 19.3 Å². The van der Waals surface area contributed by atoms with Crippen LogP contribution in [0.15, 0.2) is 0 Å². The summed E-state index contributed by atoms with van der Waals surface area (Å²) in [7, 11) is 1.74. The first-order valence-corrected chi connectivity index (χ1v) is 11.0. The number of aliphatic hydroxyl groups excluding tert-OH is 1. The summed E-state index contributed by atoms with van der Waals surface area (Å²) in [5, 5.41) is 8.97. The van der Waals surface area contributed by atoms with Gasteiger partial charge in [-0.15, -0.1) is 0 Å². The van der Waals surface area contributed by atoms with Gasteiger partial charge in [-0.25, -0.2) is 0 Å². The van der Waals surface area contributed by atoms with Crippen molar-refractivity contribution in [3.63, 3.8) is 0 Å². The first-order chi connectivity index (χ1) is 12.7. The lowest BCUT2D eigenvalue weighted by molar-refractivity contribution is -0.0599. The highest BCUT2D eigenvalue weighted by molar-refractivity contribution is 4.95. The second kappa shape index (κ2) is 11.6. The molecule has 2 aliphatic rings. The molecule has 0 atom stereocenters.